The highest BCUT2D eigenvalue weighted by molar-refractivity contribution is 5.75. The van der Waals surface area contributed by atoms with Gasteiger partial charge in [-0.25, -0.2) is 0 Å². The Morgan fingerprint density at radius 1 is 1.00 bits per heavy atom. The van der Waals surface area contributed by atoms with E-state index < -0.39 is 0 Å². The summed E-state index contributed by atoms with van der Waals surface area (Å²) in [4.78, 5) is 0. The molecule has 0 aliphatic carbocycles. The Bertz CT molecular complexity index is 138. The van der Waals surface area contributed by atoms with Gasteiger partial charge < -0.3 is 5.11 Å². The Morgan fingerprint density at radius 3 is 1.75 bits per heavy atom. The fraction of sp³-hybridized carbons (Fsp3) is 0. The second-order valence-electron chi connectivity index (χ2n) is 1.34. The number of phenols is 1. The van der Waals surface area contributed by atoms with Crippen LogP contribution in [-0.4, -0.2) is 28.2 Å². The van der Waals surface area contributed by atoms with Gasteiger partial charge in [0, 0.05) is 0 Å². The minimum Gasteiger partial charge on any atom is -0.508 e. The number of hydrogen-bond donors (Lipinski definition) is 1. The molecule has 0 unspecified atom stereocenters. The van der Waals surface area contributed by atoms with E-state index in [-0.39, 0.29) is 23.1 Å². The molecule has 0 aromatic heterocycles. The second-order valence-corrected chi connectivity index (χ2v) is 1.34. The molecule has 2 heteroatoms. The zero-order valence-corrected chi connectivity index (χ0v) is 3.83. The first-order valence-electron chi connectivity index (χ1n) is 2.13. The Hall–Kier alpha value is -0.214. The lowest BCUT2D eigenvalue weighted by Crippen LogP contribution is -1.56. The molecule has 0 aliphatic rings. The van der Waals surface area contributed by atoms with Gasteiger partial charge in [0.15, 0.2) is 0 Å². The fourth-order valence-corrected chi connectivity index (χ4v) is 0.428. The lowest BCUT2D eigenvalue weighted by molar-refractivity contribution is 0.475. The molecule has 0 saturated carbocycles. The van der Waals surface area contributed by atoms with Crippen LogP contribution in [0.25, 0.3) is 0 Å². The average molecular weight is 120 g/mol. The summed E-state index contributed by atoms with van der Waals surface area (Å²) >= 11 is 0. The zero-order valence-electron chi connectivity index (χ0n) is 3.83. The van der Waals surface area contributed by atoms with E-state index in [1.54, 1.807) is 24.3 Å². The van der Waals surface area contributed by atoms with Crippen molar-refractivity contribution in [3.63, 3.8) is 0 Å². The molecule has 1 aromatic rings. The van der Waals surface area contributed by atoms with Gasteiger partial charge in [0.1, 0.15) is 5.75 Å². The van der Waals surface area contributed by atoms with Crippen molar-refractivity contribution in [3.05, 3.63) is 30.3 Å². The zero-order chi connectivity index (χ0) is 5.11. The maximum absolute atomic E-state index is 8.63. The van der Waals surface area contributed by atoms with Gasteiger partial charge in [0.2, 0.25) is 0 Å². The maximum atomic E-state index is 8.63. The van der Waals surface area contributed by atoms with E-state index in [2.05, 4.69) is 0 Å². The first-order chi connectivity index (χ1) is 3.39. The molecule has 1 nitrogen and oxygen atoms in total. The fourth-order valence-electron chi connectivity index (χ4n) is 0.428. The topological polar surface area (TPSA) is 20.2 Å². The highest BCUT2D eigenvalue weighted by atomic mass is 24.3. The van der Waals surface area contributed by atoms with Crippen LogP contribution in [0.15, 0.2) is 30.3 Å². The molecule has 8 heavy (non-hydrogen) atoms. The Kier molecular flexibility index (Phi) is 3.65. The number of aromatic hydroxyl groups is 1. The van der Waals surface area contributed by atoms with Crippen LogP contribution in [-0.2, 0) is 0 Å². The van der Waals surface area contributed by atoms with E-state index in [1.165, 1.54) is 0 Å². The molecule has 0 amide bonds. The second kappa shape index (κ2) is 3.75. The summed E-state index contributed by atoms with van der Waals surface area (Å²) in [5.41, 5.74) is 0. The van der Waals surface area contributed by atoms with E-state index in [0.717, 1.165) is 0 Å². The van der Waals surface area contributed by atoms with Crippen LogP contribution >= 0.6 is 0 Å². The van der Waals surface area contributed by atoms with Crippen molar-refractivity contribution in [2.45, 2.75) is 0 Å². The van der Waals surface area contributed by atoms with Gasteiger partial charge in [-0.15, -0.1) is 0 Å². The predicted molar refractivity (Wildman–Crippen MR) is 36.7 cm³/mol. The van der Waals surface area contributed by atoms with Crippen LogP contribution in [0.4, 0.5) is 0 Å². The van der Waals surface area contributed by atoms with Crippen molar-refractivity contribution < 1.29 is 5.11 Å². The van der Waals surface area contributed by atoms with Crippen LogP contribution in [0.2, 0.25) is 0 Å². The van der Waals surface area contributed by atoms with Gasteiger partial charge in [0.05, 0.1) is 0 Å². The van der Waals surface area contributed by atoms with Gasteiger partial charge in [-0.05, 0) is 12.1 Å². The molecule has 1 rings (SSSR count). The van der Waals surface area contributed by atoms with E-state index in [9.17, 15) is 0 Å². The molecular weight excluding hydrogens is 112 g/mol. The molecule has 0 bridgehead atoms. The molecule has 0 spiro atoms. The summed E-state index contributed by atoms with van der Waals surface area (Å²) in [5.74, 6) is 0.322. The third-order valence-corrected chi connectivity index (χ3v) is 0.756. The highest BCUT2D eigenvalue weighted by Gasteiger charge is 1.74. The molecule has 40 valence electrons. The van der Waals surface area contributed by atoms with Crippen molar-refractivity contribution in [3.8, 4) is 5.75 Å². The molecule has 0 atom stereocenters. The largest absolute Gasteiger partial charge is 0.508 e. The van der Waals surface area contributed by atoms with Crippen LogP contribution in [0, 0.1) is 0 Å². The molecule has 0 radical (unpaired) electrons. The predicted octanol–water partition coefficient (Wildman–Crippen LogP) is 0.476. The SMILES string of the molecule is Oc1ccccc1.[MgH2]. The van der Waals surface area contributed by atoms with Crippen LogP contribution in [0.3, 0.4) is 0 Å². The summed E-state index contributed by atoms with van der Waals surface area (Å²) in [6, 6.07) is 8.71. The maximum Gasteiger partial charge on any atom is 0.316 e. The van der Waals surface area contributed by atoms with Crippen molar-refractivity contribution in [1.82, 2.24) is 0 Å². The van der Waals surface area contributed by atoms with Gasteiger partial charge >= 0.3 is 23.1 Å². The minimum absolute atomic E-state index is 0. The van der Waals surface area contributed by atoms with E-state index in [0.29, 0.717) is 5.75 Å². The summed E-state index contributed by atoms with van der Waals surface area (Å²) in [6.07, 6.45) is 0. The number of phenolic OH excluding ortho intramolecular Hbond substituents is 1. The van der Waals surface area contributed by atoms with E-state index >= 15 is 0 Å². The first kappa shape index (κ1) is 7.79. The summed E-state index contributed by atoms with van der Waals surface area (Å²) in [6.45, 7) is 0. The third kappa shape index (κ3) is 2.19. The van der Waals surface area contributed by atoms with Crippen LogP contribution < -0.4 is 0 Å². The molecule has 0 saturated heterocycles. The number of hydrogen-bond acceptors (Lipinski definition) is 1. The van der Waals surface area contributed by atoms with Crippen molar-refractivity contribution in [1.29, 1.82) is 0 Å². The molecule has 0 heterocycles. The smallest absolute Gasteiger partial charge is 0.316 e. The lowest BCUT2D eigenvalue weighted by Gasteiger charge is -1.82. The molecule has 1 aromatic carbocycles. The number of benzene rings is 1. The van der Waals surface area contributed by atoms with E-state index in [1.807, 2.05) is 6.07 Å². The van der Waals surface area contributed by atoms with Crippen LogP contribution in [0.1, 0.15) is 0 Å². The normalized spacial score (nSPS) is 7.50. The standard InChI is InChI=1S/C6H6O.Mg.2H/c7-6-4-2-1-3-5-6;;;/h1-5,7H;;;. The molecule has 0 aliphatic heterocycles. The molecule has 1 N–H and O–H groups in total. The summed E-state index contributed by atoms with van der Waals surface area (Å²) in [7, 11) is 0. The van der Waals surface area contributed by atoms with Crippen molar-refractivity contribution in [2.24, 2.45) is 0 Å². The van der Waals surface area contributed by atoms with Crippen molar-refractivity contribution >= 4 is 23.1 Å². The first-order valence-corrected chi connectivity index (χ1v) is 2.13. The number of rotatable bonds is 0. The van der Waals surface area contributed by atoms with Gasteiger partial charge in [-0.1, -0.05) is 18.2 Å². The lowest BCUT2D eigenvalue weighted by atomic mass is 10.3. The Balaban J connectivity index is 0.000000490. The third-order valence-electron chi connectivity index (χ3n) is 0.756. The summed E-state index contributed by atoms with van der Waals surface area (Å²) in [5, 5.41) is 8.63. The van der Waals surface area contributed by atoms with Crippen LogP contribution in [0.5, 0.6) is 5.75 Å². The average Bonchev–Trinajstić information content (AvgIpc) is 1.69. The highest BCUT2D eigenvalue weighted by Crippen LogP contribution is 2.02. The van der Waals surface area contributed by atoms with E-state index in [4.69, 9.17) is 5.11 Å². The van der Waals surface area contributed by atoms with Gasteiger partial charge in [0.25, 0.3) is 0 Å². The number of para-hydroxylation sites is 1. The van der Waals surface area contributed by atoms with Gasteiger partial charge in [-0.3, -0.25) is 0 Å². The Morgan fingerprint density at radius 2 is 1.50 bits per heavy atom. The summed E-state index contributed by atoms with van der Waals surface area (Å²) < 4.78 is 0. The Labute approximate surface area is 64.5 Å². The van der Waals surface area contributed by atoms with Gasteiger partial charge in [-0.2, -0.15) is 0 Å². The van der Waals surface area contributed by atoms with Crippen molar-refractivity contribution in [2.75, 3.05) is 0 Å². The molecular formula is C6H8MgO. The quantitative estimate of drug-likeness (QED) is 0.494. The minimum atomic E-state index is 0. The molecule has 0 fully saturated rings. The monoisotopic (exact) mass is 120 g/mol.